The van der Waals surface area contributed by atoms with Crippen molar-refractivity contribution in [2.75, 3.05) is 10.6 Å². The number of carbonyl (C=O) groups excluding carboxylic acids is 2. The maximum Gasteiger partial charge on any atom is 0.257 e. The zero-order valence-corrected chi connectivity index (χ0v) is 18.2. The lowest BCUT2D eigenvalue weighted by Crippen LogP contribution is -2.24. The van der Waals surface area contributed by atoms with Gasteiger partial charge in [0.05, 0.1) is 16.6 Å². The zero-order valence-electron chi connectivity index (χ0n) is 18.2. The first kappa shape index (κ1) is 20.9. The highest BCUT2D eigenvalue weighted by Crippen LogP contribution is 2.27. The number of hydrogen-bond acceptors (Lipinski definition) is 4. The number of imidazole rings is 1. The zero-order chi connectivity index (χ0) is 22.6. The number of hydrogen-bond donors (Lipinski definition) is 3. The van der Waals surface area contributed by atoms with Crippen molar-refractivity contribution in [3.63, 3.8) is 0 Å². The molecule has 3 N–H and O–H groups in total. The number of nitrogens with one attached hydrogen (secondary N) is 3. The van der Waals surface area contributed by atoms with Gasteiger partial charge in [0.2, 0.25) is 5.91 Å². The van der Waals surface area contributed by atoms with Gasteiger partial charge in [-0.15, -0.1) is 0 Å². The number of rotatable bonds is 5. The predicted molar refractivity (Wildman–Crippen MR) is 129 cm³/mol. The monoisotopic (exact) mass is 439 g/mol. The van der Waals surface area contributed by atoms with Crippen molar-refractivity contribution < 1.29 is 9.59 Å². The van der Waals surface area contributed by atoms with Crippen LogP contribution >= 0.6 is 0 Å². The van der Waals surface area contributed by atoms with Crippen LogP contribution in [0.15, 0.2) is 67.0 Å². The largest absolute Gasteiger partial charge is 0.338 e. The smallest absolute Gasteiger partial charge is 0.257 e. The molecule has 0 spiro atoms. The summed E-state index contributed by atoms with van der Waals surface area (Å²) in [6.07, 6.45) is 8.63. The molecule has 5 rings (SSSR count). The summed E-state index contributed by atoms with van der Waals surface area (Å²) >= 11 is 0. The first-order valence-corrected chi connectivity index (χ1v) is 11.3. The number of H-pyrrole nitrogens is 1. The average Bonchev–Trinajstić information content (AvgIpc) is 3.29. The van der Waals surface area contributed by atoms with E-state index in [-0.39, 0.29) is 17.7 Å². The minimum absolute atomic E-state index is 0.118. The first-order valence-electron chi connectivity index (χ1n) is 11.3. The molecule has 2 aromatic carbocycles. The van der Waals surface area contributed by atoms with Crippen LogP contribution in [0, 0.1) is 5.92 Å². The van der Waals surface area contributed by atoms with E-state index in [1.807, 2.05) is 42.5 Å². The Labute approximate surface area is 191 Å². The highest BCUT2D eigenvalue weighted by molar-refractivity contribution is 6.04. The molecule has 0 bridgehead atoms. The Morgan fingerprint density at radius 2 is 1.70 bits per heavy atom. The van der Waals surface area contributed by atoms with Crippen LogP contribution in [0.1, 0.15) is 42.5 Å². The molecule has 166 valence electrons. The van der Waals surface area contributed by atoms with Gasteiger partial charge in [0, 0.05) is 35.2 Å². The third-order valence-electron chi connectivity index (χ3n) is 6.07. The molecule has 0 radical (unpaired) electrons. The number of anilines is 2. The lowest BCUT2D eigenvalue weighted by molar-refractivity contribution is -0.120. The number of aromatic amines is 1. The van der Waals surface area contributed by atoms with E-state index in [0.29, 0.717) is 11.3 Å². The van der Waals surface area contributed by atoms with Gasteiger partial charge in [0.15, 0.2) is 0 Å². The summed E-state index contributed by atoms with van der Waals surface area (Å²) in [5.41, 5.74) is 4.52. The summed E-state index contributed by atoms with van der Waals surface area (Å²) < 4.78 is 0. The van der Waals surface area contributed by atoms with Gasteiger partial charge >= 0.3 is 0 Å². The standard InChI is InChI=1S/C26H25N5O2/c32-25(18-5-2-1-3-6-18)28-20-10-8-17(9-11-20)24-30-22-13-12-21(15-23(22)31-24)29-26(33)19-7-4-14-27-16-19/h4,7-16,18H,1-3,5-6H2,(H,28,32)(H,29,33)(H,30,31). The molecule has 1 saturated carbocycles. The minimum Gasteiger partial charge on any atom is -0.338 e. The van der Waals surface area contributed by atoms with Gasteiger partial charge in [-0.3, -0.25) is 14.6 Å². The molecule has 1 aliphatic rings. The van der Waals surface area contributed by atoms with E-state index >= 15 is 0 Å². The topological polar surface area (TPSA) is 99.8 Å². The molecule has 1 aliphatic carbocycles. The number of nitrogens with zero attached hydrogens (tertiary/aromatic N) is 2. The van der Waals surface area contributed by atoms with Crippen LogP contribution in [0.3, 0.4) is 0 Å². The van der Waals surface area contributed by atoms with E-state index in [4.69, 9.17) is 0 Å². The van der Waals surface area contributed by atoms with Gasteiger partial charge in [-0.05, 0) is 67.4 Å². The quantitative estimate of drug-likeness (QED) is 0.388. The summed E-state index contributed by atoms with van der Waals surface area (Å²) in [6.45, 7) is 0. The first-order chi connectivity index (χ1) is 16.2. The molecular formula is C26H25N5O2. The van der Waals surface area contributed by atoms with Gasteiger partial charge in [0.1, 0.15) is 5.82 Å². The van der Waals surface area contributed by atoms with Crippen LogP contribution in [0.25, 0.3) is 22.4 Å². The Bertz CT molecular complexity index is 1280. The van der Waals surface area contributed by atoms with E-state index in [2.05, 4.69) is 25.6 Å². The molecule has 0 aliphatic heterocycles. The lowest BCUT2D eigenvalue weighted by atomic mass is 9.88. The number of amides is 2. The summed E-state index contributed by atoms with van der Waals surface area (Å²) in [5.74, 6) is 0.757. The van der Waals surface area contributed by atoms with Gasteiger partial charge in [-0.1, -0.05) is 19.3 Å². The fourth-order valence-electron chi connectivity index (χ4n) is 4.24. The third kappa shape index (κ3) is 4.77. The number of fused-ring (bicyclic) bond motifs is 1. The Hall–Kier alpha value is -4.00. The molecule has 0 saturated heterocycles. The second kappa shape index (κ2) is 9.24. The third-order valence-corrected chi connectivity index (χ3v) is 6.07. The van der Waals surface area contributed by atoms with E-state index in [0.717, 1.165) is 53.8 Å². The van der Waals surface area contributed by atoms with Gasteiger partial charge in [-0.2, -0.15) is 0 Å². The summed E-state index contributed by atoms with van der Waals surface area (Å²) in [4.78, 5) is 36.8. The molecule has 2 aromatic heterocycles. The van der Waals surface area contributed by atoms with Crippen LogP contribution < -0.4 is 10.6 Å². The van der Waals surface area contributed by atoms with Crippen molar-refractivity contribution in [3.8, 4) is 11.4 Å². The van der Waals surface area contributed by atoms with Crippen LogP contribution in [-0.2, 0) is 4.79 Å². The van der Waals surface area contributed by atoms with Crippen molar-refractivity contribution in [1.82, 2.24) is 15.0 Å². The number of benzene rings is 2. The average molecular weight is 440 g/mol. The van der Waals surface area contributed by atoms with Crippen molar-refractivity contribution in [3.05, 3.63) is 72.6 Å². The van der Waals surface area contributed by atoms with Crippen LogP contribution in [-0.4, -0.2) is 26.8 Å². The molecule has 1 fully saturated rings. The Balaban J connectivity index is 1.28. The lowest BCUT2D eigenvalue weighted by Gasteiger charge is -2.20. The Morgan fingerprint density at radius 1 is 0.909 bits per heavy atom. The number of pyridine rings is 1. The maximum absolute atomic E-state index is 12.5. The molecule has 7 nitrogen and oxygen atoms in total. The number of aromatic nitrogens is 3. The maximum atomic E-state index is 12.5. The number of carbonyl (C=O) groups is 2. The Morgan fingerprint density at radius 3 is 2.45 bits per heavy atom. The van der Waals surface area contributed by atoms with Crippen molar-refractivity contribution in [2.24, 2.45) is 5.92 Å². The van der Waals surface area contributed by atoms with Gasteiger partial charge in [0.25, 0.3) is 5.91 Å². The van der Waals surface area contributed by atoms with Crippen LogP contribution in [0.5, 0.6) is 0 Å². The van der Waals surface area contributed by atoms with Crippen LogP contribution in [0.2, 0.25) is 0 Å². The SMILES string of the molecule is O=C(Nc1ccc2nc(-c3ccc(NC(=O)C4CCCCC4)cc3)[nH]c2c1)c1cccnc1. The summed E-state index contributed by atoms with van der Waals surface area (Å²) in [7, 11) is 0. The Kier molecular flexibility index (Phi) is 5.85. The molecule has 4 aromatic rings. The molecule has 2 heterocycles. The predicted octanol–water partition coefficient (Wildman–Crippen LogP) is 5.40. The fourth-order valence-corrected chi connectivity index (χ4v) is 4.24. The van der Waals surface area contributed by atoms with E-state index < -0.39 is 0 Å². The van der Waals surface area contributed by atoms with Crippen molar-refractivity contribution >= 4 is 34.2 Å². The van der Waals surface area contributed by atoms with Gasteiger partial charge in [-0.25, -0.2) is 4.98 Å². The van der Waals surface area contributed by atoms with E-state index in [9.17, 15) is 9.59 Å². The molecular weight excluding hydrogens is 414 g/mol. The fraction of sp³-hybridized carbons (Fsp3) is 0.231. The normalized spacial score (nSPS) is 14.2. The second-order valence-corrected chi connectivity index (χ2v) is 8.41. The molecule has 7 heteroatoms. The van der Waals surface area contributed by atoms with Gasteiger partial charge < -0.3 is 15.6 Å². The minimum atomic E-state index is -0.215. The van der Waals surface area contributed by atoms with E-state index in [1.165, 1.54) is 12.6 Å². The van der Waals surface area contributed by atoms with E-state index in [1.54, 1.807) is 18.3 Å². The summed E-state index contributed by atoms with van der Waals surface area (Å²) in [5, 5.41) is 5.93. The summed E-state index contributed by atoms with van der Waals surface area (Å²) in [6, 6.07) is 16.7. The van der Waals surface area contributed by atoms with Crippen LogP contribution in [0.4, 0.5) is 11.4 Å². The molecule has 0 unspecified atom stereocenters. The van der Waals surface area contributed by atoms with Crippen molar-refractivity contribution in [2.45, 2.75) is 32.1 Å². The highest BCUT2D eigenvalue weighted by Gasteiger charge is 2.21. The molecule has 0 atom stereocenters. The molecule has 2 amide bonds. The highest BCUT2D eigenvalue weighted by atomic mass is 16.2. The molecule has 33 heavy (non-hydrogen) atoms. The second-order valence-electron chi connectivity index (χ2n) is 8.41. The van der Waals surface area contributed by atoms with Crippen molar-refractivity contribution in [1.29, 1.82) is 0 Å².